The number of rotatable bonds is 14. The molecule has 2 aliphatic heterocycles. The van der Waals surface area contributed by atoms with Crippen molar-refractivity contribution in [1.82, 2.24) is 30.2 Å². The normalized spacial score (nSPS) is 19.4. The summed E-state index contributed by atoms with van der Waals surface area (Å²) in [5, 5.41) is 9.58. The number of aromatic nitrogens is 3. The Kier molecular flexibility index (Phi) is 12.3. The molecule has 3 aromatic carbocycles. The Hall–Kier alpha value is -6.71. The quantitative estimate of drug-likeness (QED) is 0.115. The average molecular weight is 874 g/mol. The Morgan fingerprint density at radius 3 is 2.33 bits per heavy atom. The number of nitrogens with zero attached hydrogens (tertiary/aromatic N) is 5. The van der Waals surface area contributed by atoms with Gasteiger partial charge in [-0.05, 0) is 74.3 Å². The van der Waals surface area contributed by atoms with Crippen LogP contribution in [0.5, 0.6) is 28.7 Å². The zero-order valence-electron chi connectivity index (χ0n) is 36.2. The van der Waals surface area contributed by atoms with Crippen molar-refractivity contribution < 1.29 is 42.5 Å². The first-order valence-electron chi connectivity index (χ1n) is 22.0. The van der Waals surface area contributed by atoms with Gasteiger partial charge in [0.1, 0.15) is 29.3 Å². The first-order valence-corrected chi connectivity index (χ1v) is 22.0. The van der Waals surface area contributed by atoms with E-state index < -0.39 is 18.0 Å². The lowest BCUT2D eigenvalue weighted by Crippen LogP contribution is -2.56. The van der Waals surface area contributed by atoms with Crippen molar-refractivity contribution in [3.63, 3.8) is 0 Å². The molecule has 3 amide bonds. The summed E-state index contributed by atoms with van der Waals surface area (Å²) in [7, 11) is 4.60. The zero-order chi connectivity index (χ0) is 44.3. The highest BCUT2D eigenvalue weighted by atomic mass is 19.1. The monoisotopic (exact) mass is 873 g/mol. The first-order chi connectivity index (χ1) is 31.2. The van der Waals surface area contributed by atoms with Gasteiger partial charge in [0.2, 0.25) is 11.8 Å². The average Bonchev–Trinajstić information content (AvgIpc) is 4.08. The predicted molar refractivity (Wildman–Crippen MR) is 235 cm³/mol. The number of carbonyl (C=O) groups excluding carboxylic acids is 3. The summed E-state index contributed by atoms with van der Waals surface area (Å²) in [4.78, 5) is 55.9. The number of hydrogen-bond donors (Lipinski definition) is 2. The molecule has 0 unspecified atom stereocenters. The summed E-state index contributed by atoms with van der Waals surface area (Å²) in [6, 6.07) is 16.9. The standard InChI is InChI=1S/C48H52FN7O8/c1-60-37-16-15-30(22-40(37)62-3)42-32-11-7-8-12-33(32)46(57)56(54-42)31-17-19-55(20-18-31)47(58)36(21-28-9-5-4-6-10-28)53-48(59)64-41-25-50-45-43(51-27-52-44(41)45)34-23-35(49)39(61-2)24-38(34)63-26-29-13-14-29/h4-6,9-10,15-16,22-25,27,29,31-33,36,50H,7-8,11-14,17-21,26H2,1-3H3,(H,53,59)/t32-,33+,36+/m0/s1. The highest BCUT2D eigenvalue weighted by Crippen LogP contribution is 2.42. The number of hydrogen-bond acceptors (Lipinski definition) is 11. The number of amides is 3. The van der Waals surface area contributed by atoms with Crippen LogP contribution in [0.1, 0.15) is 62.5 Å². The van der Waals surface area contributed by atoms with Crippen molar-refractivity contribution in [2.45, 2.75) is 69.9 Å². The second-order valence-electron chi connectivity index (χ2n) is 16.9. The second kappa shape index (κ2) is 18.6. The zero-order valence-corrected chi connectivity index (χ0v) is 36.2. The molecule has 15 nitrogen and oxygen atoms in total. The highest BCUT2D eigenvalue weighted by Gasteiger charge is 2.44. The van der Waals surface area contributed by atoms with Gasteiger partial charge in [-0.3, -0.25) is 9.59 Å². The molecule has 2 N–H and O–H groups in total. The van der Waals surface area contributed by atoms with Crippen LogP contribution in [0.2, 0.25) is 0 Å². The summed E-state index contributed by atoms with van der Waals surface area (Å²) >= 11 is 0. The van der Waals surface area contributed by atoms with E-state index >= 15 is 4.39 Å². The molecule has 2 saturated carbocycles. The molecule has 334 valence electrons. The van der Waals surface area contributed by atoms with Gasteiger partial charge in [0.15, 0.2) is 28.8 Å². The maximum absolute atomic E-state index is 15.1. The summed E-state index contributed by atoms with van der Waals surface area (Å²) < 4.78 is 43.4. The fourth-order valence-corrected chi connectivity index (χ4v) is 9.25. The van der Waals surface area contributed by atoms with E-state index in [1.54, 1.807) is 24.1 Å². The molecular weight excluding hydrogens is 822 g/mol. The Labute approximate surface area is 370 Å². The molecule has 9 rings (SSSR count). The number of benzene rings is 3. The van der Waals surface area contributed by atoms with Gasteiger partial charge in [-0.1, -0.05) is 43.2 Å². The van der Waals surface area contributed by atoms with Crippen LogP contribution in [0.15, 0.2) is 78.3 Å². The number of piperidine rings is 1. The fraction of sp³-hybridized carbons (Fsp3) is 0.417. The first kappa shape index (κ1) is 42.6. The van der Waals surface area contributed by atoms with Gasteiger partial charge >= 0.3 is 6.09 Å². The predicted octanol–water partition coefficient (Wildman–Crippen LogP) is 7.32. The van der Waals surface area contributed by atoms with E-state index in [0.717, 1.165) is 55.4 Å². The molecule has 16 heteroatoms. The number of fused-ring (bicyclic) bond motifs is 2. The minimum atomic E-state index is -0.968. The van der Waals surface area contributed by atoms with Crippen molar-refractivity contribution in [3.05, 3.63) is 90.1 Å². The van der Waals surface area contributed by atoms with E-state index in [1.807, 2.05) is 48.5 Å². The number of carbonyl (C=O) groups is 3. The molecule has 0 spiro atoms. The SMILES string of the molecule is COc1cc(OCC2CC2)c(-c2ncnc3c(OC(=O)N[C@H](Cc4ccccc4)C(=O)N4CCC(N5N=C(c6ccc(OC)c(OC)c6)[C@H]6CCCC[C@H]6C5=O)CC4)c[nH]c23)cc1F. The Morgan fingerprint density at radius 1 is 0.844 bits per heavy atom. The molecule has 2 aliphatic carbocycles. The Balaban J connectivity index is 0.914. The highest BCUT2D eigenvalue weighted by molar-refractivity contribution is 6.07. The maximum Gasteiger partial charge on any atom is 0.413 e. The molecule has 0 bridgehead atoms. The van der Waals surface area contributed by atoms with Gasteiger partial charge in [0.05, 0.1) is 45.2 Å². The molecule has 3 atom stereocenters. The molecule has 5 aromatic rings. The van der Waals surface area contributed by atoms with Crippen molar-refractivity contribution >= 4 is 34.7 Å². The van der Waals surface area contributed by atoms with Gasteiger partial charge in [0.25, 0.3) is 0 Å². The van der Waals surface area contributed by atoms with Crippen molar-refractivity contribution in [3.8, 4) is 40.0 Å². The maximum atomic E-state index is 15.1. The molecule has 4 aliphatic rings. The number of aromatic amines is 1. The number of H-pyrrole nitrogens is 1. The molecule has 4 heterocycles. The van der Waals surface area contributed by atoms with Gasteiger partial charge in [-0.2, -0.15) is 5.10 Å². The van der Waals surface area contributed by atoms with Crippen LogP contribution in [0, 0.1) is 23.6 Å². The summed E-state index contributed by atoms with van der Waals surface area (Å²) in [6.07, 6.45) is 9.04. The van der Waals surface area contributed by atoms with Crippen LogP contribution >= 0.6 is 0 Å². The third-order valence-electron chi connectivity index (χ3n) is 12.9. The third kappa shape index (κ3) is 8.77. The Morgan fingerprint density at radius 2 is 1.59 bits per heavy atom. The van der Waals surface area contributed by atoms with Crippen LogP contribution in [0.25, 0.3) is 22.3 Å². The van der Waals surface area contributed by atoms with Crippen LogP contribution in [0.4, 0.5) is 9.18 Å². The van der Waals surface area contributed by atoms with Crippen LogP contribution < -0.4 is 29.0 Å². The lowest BCUT2D eigenvalue weighted by molar-refractivity contribution is -0.143. The summed E-state index contributed by atoms with van der Waals surface area (Å²) in [6.45, 7) is 1.21. The Bertz CT molecular complexity index is 2560. The summed E-state index contributed by atoms with van der Waals surface area (Å²) in [5.74, 6) is 1.24. The smallest absolute Gasteiger partial charge is 0.413 e. The van der Waals surface area contributed by atoms with E-state index in [0.29, 0.717) is 72.5 Å². The van der Waals surface area contributed by atoms with Crippen LogP contribution in [-0.4, -0.2) is 102 Å². The lowest BCUT2D eigenvalue weighted by atomic mass is 9.73. The van der Waals surface area contributed by atoms with Gasteiger partial charge in [-0.25, -0.2) is 24.2 Å². The number of nitrogens with one attached hydrogen (secondary N) is 2. The largest absolute Gasteiger partial charge is 0.494 e. The van der Waals surface area contributed by atoms with E-state index in [-0.39, 0.29) is 53.1 Å². The lowest BCUT2D eigenvalue weighted by Gasteiger charge is -2.43. The van der Waals surface area contributed by atoms with Crippen molar-refractivity contribution in [2.24, 2.45) is 22.9 Å². The fourth-order valence-electron chi connectivity index (χ4n) is 9.25. The second-order valence-corrected chi connectivity index (χ2v) is 16.9. The molecule has 0 radical (unpaired) electrons. The van der Waals surface area contributed by atoms with E-state index in [9.17, 15) is 14.4 Å². The third-order valence-corrected chi connectivity index (χ3v) is 12.9. The number of hydrazone groups is 1. The number of methoxy groups -OCH3 is 3. The minimum absolute atomic E-state index is 0.0164. The molecule has 64 heavy (non-hydrogen) atoms. The van der Waals surface area contributed by atoms with Gasteiger partial charge < -0.3 is 38.9 Å². The molecular formula is C48H52FN7O8. The van der Waals surface area contributed by atoms with Crippen LogP contribution in [-0.2, 0) is 16.0 Å². The molecule has 2 aromatic heterocycles. The van der Waals surface area contributed by atoms with E-state index in [4.69, 9.17) is 28.8 Å². The summed E-state index contributed by atoms with van der Waals surface area (Å²) in [5.41, 5.74) is 4.04. The number of likely N-dealkylation sites (tertiary alicyclic amines) is 1. The van der Waals surface area contributed by atoms with E-state index in [2.05, 4.69) is 20.3 Å². The number of ether oxygens (including phenoxy) is 5. The minimum Gasteiger partial charge on any atom is -0.494 e. The molecule has 1 saturated heterocycles. The van der Waals surface area contributed by atoms with Crippen LogP contribution in [0.3, 0.4) is 0 Å². The van der Waals surface area contributed by atoms with Crippen molar-refractivity contribution in [2.75, 3.05) is 41.0 Å². The number of halogens is 1. The van der Waals surface area contributed by atoms with Gasteiger partial charge in [-0.15, -0.1) is 0 Å². The van der Waals surface area contributed by atoms with E-state index in [1.165, 1.54) is 31.8 Å². The molecule has 3 fully saturated rings. The van der Waals surface area contributed by atoms with Gasteiger partial charge in [0, 0.05) is 54.7 Å². The van der Waals surface area contributed by atoms with Crippen molar-refractivity contribution in [1.29, 1.82) is 0 Å². The topological polar surface area (TPSA) is 170 Å².